The van der Waals surface area contributed by atoms with Gasteiger partial charge in [0.05, 0.1) is 19.3 Å². The van der Waals surface area contributed by atoms with E-state index in [2.05, 4.69) is 10.2 Å². The van der Waals surface area contributed by atoms with E-state index in [9.17, 15) is 9.18 Å². The maximum Gasteiger partial charge on any atom is 0.245 e. The fraction of sp³-hybridized carbons (Fsp3) is 0.500. The first-order valence-electron chi connectivity index (χ1n) is 6.65. The summed E-state index contributed by atoms with van der Waals surface area (Å²) in [5.41, 5.74) is 0.810. The second kappa shape index (κ2) is 7.33. The Morgan fingerprint density at radius 1 is 1.45 bits per heavy atom. The number of hydrogen-bond acceptors (Lipinski definition) is 4. The molecule has 1 fully saturated rings. The van der Waals surface area contributed by atoms with E-state index in [1.165, 1.54) is 12.1 Å². The predicted molar refractivity (Wildman–Crippen MR) is 71.6 cm³/mol. The number of carbonyl (C=O) groups is 1. The molecule has 1 aromatic carbocycles. The minimum Gasteiger partial charge on any atom is -0.387 e. The lowest BCUT2D eigenvalue weighted by atomic mass is 10.0. The topological polar surface area (TPSA) is 61.8 Å². The van der Waals surface area contributed by atoms with Gasteiger partial charge in [-0.2, -0.15) is 0 Å². The molecule has 1 aliphatic rings. The highest BCUT2D eigenvalue weighted by atomic mass is 19.1. The van der Waals surface area contributed by atoms with Crippen molar-refractivity contribution in [2.75, 3.05) is 39.5 Å². The van der Waals surface area contributed by atoms with Crippen LogP contribution in [0, 0.1) is 5.82 Å². The number of rotatable bonds is 5. The predicted octanol–water partition coefficient (Wildman–Crippen LogP) is 0.307. The summed E-state index contributed by atoms with van der Waals surface area (Å²) in [4.78, 5) is 13.4. The lowest BCUT2D eigenvalue weighted by Crippen LogP contribution is -2.44. The normalized spacial score (nSPS) is 17.7. The summed E-state index contributed by atoms with van der Waals surface area (Å²) in [5, 5.41) is 11.4. The number of nitrogens with zero attached hydrogens (tertiary/aromatic N) is 1. The third kappa shape index (κ3) is 4.00. The van der Waals surface area contributed by atoms with Crippen molar-refractivity contribution in [2.45, 2.75) is 6.04 Å². The number of halogens is 1. The van der Waals surface area contributed by atoms with Crippen LogP contribution in [-0.4, -0.2) is 55.4 Å². The van der Waals surface area contributed by atoms with E-state index in [-0.39, 0.29) is 11.9 Å². The number of aliphatic hydroxyl groups excluding tert-OH is 1. The van der Waals surface area contributed by atoms with Crippen LogP contribution in [0.4, 0.5) is 4.39 Å². The Labute approximate surface area is 117 Å². The largest absolute Gasteiger partial charge is 0.387 e. The first kappa shape index (κ1) is 14.9. The van der Waals surface area contributed by atoms with Crippen molar-refractivity contribution in [1.29, 1.82) is 0 Å². The van der Waals surface area contributed by atoms with Crippen molar-refractivity contribution in [3.05, 3.63) is 35.6 Å². The molecule has 6 heteroatoms. The van der Waals surface area contributed by atoms with E-state index >= 15 is 0 Å². The van der Waals surface area contributed by atoms with Gasteiger partial charge in [0.1, 0.15) is 12.4 Å². The first-order chi connectivity index (χ1) is 9.70. The number of morpholine rings is 1. The van der Waals surface area contributed by atoms with E-state index < -0.39 is 12.5 Å². The number of hydrogen-bond donors (Lipinski definition) is 2. The molecule has 5 nitrogen and oxygen atoms in total. The van der Waals surface area contributed by atoms with Crippen LogP contribution in [0.3, 0.4) is 0 Å². The third-order valence-corrected chi connectivity index (χ3v) is 3.36. The van der Waals surface area contributed by atoms with Gasteiger partial charge in [0.15, 0.2) is 0 Å². The van der Waals surface area contributed by atoms with Crippen LogP contribution in [0.5, 0.6) is 0 Å². The zero-order chi connectivity index (χ0) is 14.4. The number of nitrogens with one attached hydrogen (secondary N) is 1. The maximum atomic E-state index is 13.4. The highest BCUT2D eigenvalue weighted by Crippen LogP contribution is 2.21. The molecule has 0 bridgehead atoms. The smallest absolute Gasteiger partial charge is 0.245 e. The quantitative estimate of drug-likeness (QED) is 0.816. The second-order valence-corrected chi connectivity index (χ2v) is 4.68. The van der Waals surface area contributed by atoms with Gasteiger partial charge < -0.3 is 15.2 Å². The van der Waals surface area contributed by atoms with Gasteiger partial charge in [-0.25, -0.2) is 4.39 Å². The van der Waals surface area contributed by atoms with E-state index in [1.54, 1.807) is 6.07 Å². The summed E-state index contributed by atoms with van der Waals surface area (Å²) >= 11 is 0. The summed E-state index contributed by atoms with van der Waals surface area (Å²) in [5.74, 6) is -0.728. The van der Waals surface area contributed by atoms with Gasteiger partial charge in [-0.1, -0.05) is 12.1 Å². The Morgan fingerprint density at radius 3 is 2.85 bits per heavy atom. The van der Waals surface area contributed by atoms with E-state index in [0.717, 1.165) is 18.7 Å². The van der Waals surface area contributed by atoms with Crippen molar-refractivity contribution in [2.24, 2.45) is 0 Å². The number of aliphatic hydroxyl groups is 1. The highest BCUT2D eigenvalue weighted by Gasteiger charge is 2.23. The fourth-order valence-corrected chi connectivity index (χ4v) is 2.33. The minimum atomic E-state index is -0.543. The summed E-state index contributed by atoms with van der Waals surface area (Å²) in [6.45, 7) is 2.51. The molecule has 0 saturated carbocycles. The molecule has 1 aliphatic heterocycles. The molecule has 1 unspecified atom stereocenters. The van der Waals surface area contributed by atoms with Crippen LogP contribution in [0.25, 0.3) is 0 Å². The van der Waals surface area contributed by atoms with Gasteiger partial charge in [0, 0.05) is 19.6 Å². The fourth-order valence-electron chi connectivity index (χ4n) is 2.33. The average Bonchev–Trinajstić information content (AvgIpc) is 2.48. The van der Waals surface area contributed by atoms with Crippen LogP contribution in [0.2, 0.25) is 0 Å². The van der Waals surface area contributed by atoms with E-state index in [1.807, 2.05) is 6.07 Å². The number of carbonyl (C=O) groups excluding carboxylic acids is 1. The summed E-state index contributed by atoms with van der Waals surface area (Å²) in [7, 11) is 0. The van der Waals surface area contributed by atoms with Gasteiger partial charge >= 0.3 is 0 Å². The van der Waals surface area contributed by atoms with Crippen molar-refractivity contribution in [3.8, 4) is 0 Å². The monoisotopic (exact) mass is 282 g/mol. The highest BCUT2D eigenvalue weighted by molar-refractivity contribution is 5.76. The second-order valence-electron chi connectivity index (χ2n) is 4.68. The zero-order valence-corrected chi connectivity index (χ0v) is 11.2. The van der Waals surface area contributed by atoms with Crippen molar-refractivity contribution < 1.29 is 19.0 Å². The molecule has 0 aliphatic carbocycles. The molecule has 20 heavy (non-hydrogen) atoms. The average molecular weight is 282 g/mol. The molecule has 0 aromatic heterocycles. The number of ether oxygens (including phenoxy) is 1. The van der Waals surface area contributed by atoms with Crippen LogP contribution in [0.15, 0.2) is 24.3 Å². The molecular weight excluding hydrogens is 263 g/mol. The van der Waals surface area contributed by atoms with Crippen LogP contribution in [0.1, 0.15) is 11.6 Å². The molecule has 0 spiro atoms. The Kier molecular flexibility index (Phi) is 5.46. The SMILES string of the molecule is O=C(CO)NCC(c1cccc(F)c1)N1CCOCC1. The Morgan fingerprint density at radius 2 is 2.20 bits per heavy atom. The van der Waals surface area contributed by atoms with Gasteiger partial charge in [-0.05, 0) is 17.7 Å². The summed E-state index contributed by atoms with van der Waals surface area (Å²) < 4.78 is 18.7. The standard InChI is InChI=1S/C14H19FN2O3/c15-12-3-1-2-11(8-12)13(9-16-14(19)10-18)17-4-6-20-7-5-17/h1-3,8,13,18H,4-7,9-10H2,(H,16,19). The Balaban J connectivity index is 2.12. The van der Waals surface area contributed by atoms with Crippen LogP contribution < -0.4 is 5.32 Å². The maximum absolute atomic E-state index is 13.4. The third-order valence-electron chi connectivity index (χ3n) is 3.36. The molecule has 1 saturated heterocycles. The van der Waals surface area contributed by atoms with Gasteiger partial charge in [-0.15, -0.1) is 0 Å². The first-order valence-corrected chi connectivity index (χ1v) is 6.65. The molecule has 1 heterocycles. The van der Waals surface area contributed by atoms with E-state index in [0.29, 0.717) is 19.8 Å². The van der Waals surface area contributed by atoms with Crippen LogP contribution >= 0.6 is 0 Å². The molecule has 2 N–H and O–H groups in total. The zero-order valence-electron chi connectivity index (χ0n) is 11.2. The summed E-state index contributed by atoms with van der Waals surface area (Å²) in [6.07, 6.45) is 0. The molecule has 0 radical (unpaired) electrons. The molecule has 2 rings (SSSR count). The lowest BCUT2D eigenvalue weighted by Gasteiger charge is -2.34. The molecule has 1 atom stereocenters. The van der Waals surface area contributed by atoms with Gasteiger partial charge in [-0.3, -0.25) is 9.69 Å². The molecule has 110 valence electrons. The lowest BCUT2D eigenvalue weighted by molar-refractivity contribution is -0.124. The van der Waals surface area contributed by atoms with Crippen molar-refractivity contribution >= 4 is 5.91 Å². The molecule has 1 amide bonds. The van der Waals surface area contributed by atoms with Crippen molar-refractivity contribution in [1.82, 2.24) is 10.2 Å². The Bertz CT molecular complexity index is 450. The van der Waals surface area contributed by atoms with E-state index in [4.69, 9.17) is 9.84 Å². The minimum absolute atomic E-state index is 0.120. The Hall–Kier alpha value is -1.50. The van der Waals surface area contributed by atoms with Gasteiger partial charge in [0.2, 0.25) is 5.91 Å². The van der Waals surface area contributed by atoms with Gasteiger partial charge in [0.25, 0.3) is 0 Å². The number of benzene rings is 1. The molecule has 1 aromatic rings. The van der Waals surface area contributed by atoms with Crippen molar-refractivity contribution in [3.63, 3.8) is 0 Å². The summed E-state index contributed by atoms with van der Waals surface area (Å²) in [6, 6.07) is 6.25. The van der Waals surface area contributed by atoms with Crippen LogP contribution in [-0.2, 0) is 9.53 Å². The molecular formula is C14H19FN2O3. The number of amides is 1.